The first-order chi connectivity index (χ1) is 14.1. The van der Waals surface area contributed by atoms with Gasteiger partial charge in [-0.2, -0.15) is 0 Å². The molecular weight excluding hydrogens is 428 g/mol. The zero-order valence-electron chi connectivity index (χ0n) is 16.8. The normalized spacial score (nSPS) is 14.5. The smallest absolute Gasteiger partial charge is 0.338 e. The first-order valence-electron chi connectivity index (χ1n) is 9.41. The monoisotopic (exact) mass is 450 g/mol. The minimum Gasteiger partial charge on any atom is -0.452 e. The minimum atomic E-state index is -3.45. The second-order valence-corrected chi connectivity index (χ2v) is 9.62. The van der Waals surface area contributed by atoms with Gasteiger partial charge < -0.3 is 14.5 Å². The predicted molar refractivity (Wildman–Crippen MR) is 115 cm³/mol. The number of anilines is 1. The number of rotatable bonds is 5. The molecule has 1 fully saturated rings. The number of nitrogens with zero attached hydrogens (tertiary/aromatic N) is 2. The summed E-state index contributed by atoms with van der Waals surface area (Å²) in [6.07, 6.45) is 1.07. The van der Waals surface area contributed by atoms with Gasteiger partial charge in [-0.3, -0.25) is 4.79 Å². The lowest BCUT2D eigenvalue weighted by Gasteiger charge is -2.36. The first-order valence-corrected chi connectivity index (χ1v) is 11.7. The molecule has 1 aliphatic heterocycles. The van der Waals surface area contributed by atoms with Crippen LogP contribution in [0.15, 0.2) is 47.4 Å². The van der Waals surface area contributed by atoms with E-state index in [1.54, 1.807) is 17.9 Å². The topological polar surface area (TPSA) is 84.0 Å². The molecule has 0 radical (unpaired) electrons. The van der Waals surface area contributed by atoms with Crippen LogP contribution in [0.5, 0.6) is 0 Å². The summed E-state index contributed by atoms with van der Waals surface area (Å²) in [6.45, 7) is 3.60. The van der Waals surface area contributed by atoms with E-state index in [1.807, 2.05) is 24.3 Å². The van der Waals surface area contributed by atoms with Crippen LogP contribution in [-0.2, 0) is 19.4 Å². The van der Waals surface area contributed by atoms with Crippen LogP contribution < -0.4 is 4.90 Å². The van der Waals surface area contributed by atoms with Crippen molar-refractivity contribution in [2.24, 2.45) is 0 Å². The summed E-state index contributed by atoms with van der Waals surface area (Å²) in [4.78, 5) is 28.7. The number of esters is 1. The van der Waals surface area contributed by atoms with Gasteiger partial charge in [0.25, 0.3) is 5.91 Å². The fourth-order valence-corrected chi connectivity index (χ4v) is 4.07. The molecule has 0 bridgehead atoms. The number of hydrogen-bond donors (Lipinski definition) is 0. The van der Waals surface area contributed by atoms with Crippen molar-refractivity contribution in [2.75, 3.05) is 43.9 Å². The fraction of sp³-hybridized carbons (Fsp3) is 0.333. The summed E-state index contributed by atoms with van der Waals surface area (Å²) in [5, 5.41) is 0.660. The van der Waals surface area contributed by atoms with Crippen LogP contribution >= 0.6 is 11.6 Å². The molecule has 0 N–H and O–H groups in total. The maximum Gasteiger partial charge on any atom is 0.338 e. The van der Waals surface area contributed by atoms with Crippen molar-refractivity contribution in [1.82, 2.24) is 4.90 Å². The molecule has 1 aliphatic rings. The Bertz CT molecular complexity index is 1060. The summed E-state index contributed by atoms with van der Waals surface area (Å²) >= 11 is 6.04. The van der Waals surface area contributed by atoms with Gasteiger partial charge in [0.15, 0.2) is 16.4 Å². The van der Waals surface area contributed by atoms with Gasteiger partial charge in [0, 0.05) is 43.1 Å². The van der Waals surface area contributed by atoms with E-state index in [4.69, 9.17) is 16.3 Å². The zero-order valence-corrected chi connectivity index (χ0v) is 18.4. The molecule has 3 rings (SSSR count). The van der Waals surface area contributed by atoms with Crippen molar-refractivity contribution >= 4 is 39.0 Å². The highest BCUT2D eigenvalue weighted by Crippen LogP contribution is 2.21. The third kappa shape index (κ3) is 5.31. The predicted octanol–water partition coefficient (Wildman–Crippen LogP) is 2.56. The maximum atomic E-state index is 12.5. The average Bonchev–Trinajstić information content (AvgIpc) is 2.71. The quantitative estimate of drug-likeness (QED) is 0.651. The molecule has 1 heterocycles. The van der Waals surface area contributed by atoms with Crippen LogP contribution in [0.2, 0.25) is 5.02 Å². The highest BCUT2D eigenvalue weighted by Gasteiger charge is 2.23. The summed E-state index contributed by atoms with van der Waals surface area (Å²) in [5.74, 6) is -1.00. The van der Waals surface area contributed by atoms with Gasteiger partial charge in [-0.1, -0.05) is 23.7 Å². The summed E-state index contributed by atoms with van der Waals surface area (Å²) in [7, 11) is -3.45. The lowest BCUT2D eigenvalue weighted by atomic mass is 10.1. The van der Waals surface area contributed by atoms with Crippen molar-refractivity contribution in [3.05, 3.63) is 58.6 Å². The van der Waals surface area contributed by atoms with E-state index in [9.17, 15) is 18.0 Å². The van der Waals surface area contributed by atoms with Crippen molar-refractivity contribution in [3.8, 4) is 0 Å². The number of amides is 1. The van der Waals surface area contributed by atoms with E-state index < -0.39 is 22.4 Å². The van der Waals surface area contributed by atoms with E-state index in [-0.39, 0.29) is 16.4 Å². The summed E-state index contributed by atoms with van der Waals surface area (Å²) in [6, 6.07) is 11.8. The Labute approximate surface area is 181 Å². The molecule has 0 atom stereocenters. The molecule has 0 aliphatic carbocycles. The lowest BCUT2D eigenvalue weighted by Crippen LogP contribution is -2.49. The van der Waals surface area contributed by atoms with E-state index in [0.29, 0.717) is 36.8 Å². The van der Waals surface area contributed by atoms with Crippen LogP contribution in [0.25, 0.3) is 0 Å². The molecule has 0 spiro atoms. The minimum absolute atomic E-state index is 0.0310. The molecule has 2 aromatic rings. The molecule has 0 unspecified atom stereocenters. The first kappa shape index (κ1) is 22.1. The average molecular weight is 451 g/mol. The van der Waals surface area contributed by atoms with E-state index >= 15 is 0 Å². The third-order valence-electron chi connectivity index (χ3n) is 4.99. The Balaban J connectivity index is 1.56. The number of sulfone groups is 1. The van der Waals surface area contributed by atoms with Crippen LogP contribution in [0.3, 0.4) is 0 Å². The third-order valence-corrected chi connectivity index (χ3v) is 6.33. The van der Waals surface area contributed by atoms with Gasteiger partial charge in [0.2, 0.25) is 0 Å². The maximum absolute atomic E-state index is 12.5. The molecule has 160 valence electrons. The van der Waals surface area contributed by atoms with Gasteiger partial charge in [-0.25, -0.2) is 13.2 Å². The van der Waals surface area contributed by atoms with Crippen LogP contribution in [0, 0.1) is 6.92 Å². The zero-order chi connectivity index (χ0) is 21.9. The van der Waals surface area contributed by atoms with Gasteiger partial charge in [-0.05, 0) is 42.8 Å². The van der Waals surface area contributed by atoms with E-state index in [1.165, 1.54) is 12.1 Å². The van der Waals surface area contributed by atoms with Gasteiger partial charge in [-0.15, -0.1) is 0 Å². The fourth-order valence-electron chi connectivity index (χ4n) is 3.23. The molecule has 0 saturated carbocycles. The number of carbonyl (C=O) groups excluding carboxylic acids is 2. The second kappa shape index (κ2) is 9.06. The molecule has 1 amide bonds. The van der Waals surface area contributed by atoms with Gasteiger partial charge in [0.05, 0.1) is 10.5 Å². The number of halogens is 1. The van der Waals surface area contributed by atoms with Crippen LogP contribution in [-0.4, -0.2) is 64.2 Å². The number of carbonyl (C=O) groups is 2. The van der Waals surface area contributed by atoms with Crippen molar-refractivity contribution in [1.29, 1.82) is 0 Å². The molecule has 1 saturated heterocycles. The number of hydrogen-bond acceptors (Lipinski definition) is 6. The molecule has 2 aromatic carbocycles. The Kier molecular flexibility index (Phi) is 6.67. The second-order valence-electron chi connectivity index (χ2n) is 7.17. The van der Waals surface area contributed by atoms with Crippen molar-refractivity contribution in [2.45, 2.75) is 11.8 Å². The van der Waals surface area contributed by atoms with E-state index in [2.05, 4.69) is 4.90 Å². The highest BCUT2D eigenvalue weighted by molar-refractivity contribution is 7.90. The van der Waals surface area contributed by atoms with Crippen LogP contribution in [0.1, 0.15) is 15.9 Å². The lowest BCUT2D eigenvalue weighted by molar-refractivity contribution is -0.134. The Morgan fingerprint density at radius 1 is 1.07 bits per heavy atom. The Morgan fingerprint density at radius 3 is 2.40 bits per heavy atom. The SMILES string of the molecule is Cc1ccc(S(C)(=O)=O)cc1C(=O)OCC(=O)N1CCN(c2cccc(Cl)c2)CC1. The van der Waals surface area contributed by atoms with Gasteiger partial charge >= 0.3 is 5.97 Å². The van der Waals surface area contributed by atoms with E-state index in [0.717, 1.165) is 11.9 Å². The molecule has 30 heavy (non-hydrogen) atoms. The number of aryl methyl sites for hydroxylation is 1. The Hall–Kier alpha value is -2.58. The number of benzene rings is 2. The molecule has 0 aromatic heterocycles. The Morgan fingerprint density at radius 2 is 1.77 bits per heavy atom. The van der Waals surface area contributed by atoms with Crippen molar-refractivity contribution < 1.29 is 22.7 Å². The van der Waals surface area contributed by atoms with Gasteiger partial charge in [0.1, 0.15) is 0 Å². The number of ether oxygens (including phenoxy) is 1. The largest absolute Gasteiger partial charge is 0.452 e. The van der Waals surface area contributed by atoms with Crippen molar-refractivity contribution in [3.63, 3.8) is 0 Å². The standard InChI is InChI=1S/C21H23ClN2O5S/c1-15-6-7-18(30(2,27)28)13-19(15)21(26)29-14-20(25)24-10-8-23(9-11-24)17-5-3-4-16(22)12-17/h3-7,12-13H,8-11,14H2,1-2H3. The summed E-state index contributed by atoms with van der Waals surface area (Å²) in [5.41, 5.74) is 1.72. The molecule has 9 heteroatoms. The molecular formula is C21H23ClN2O5S. The highest BCUT2D eigenvalue weighted by atomic mass is 35.5. The molecule has 7 nitrogen and oxygen atoms in total. The van der Waals surface area contributed by atoms with Crippen LogP contribution in [0.4, 0.5) is 5.69 Å². The summed E-state index contributed by atoms with van der Waals surface area (Å²) < 4.78 is 28.6. The number of piperazine rings is 1.